The summed E-state index contributed by atoms with van der Waals surface area (Å²) < 4.78 is 0. The van der Waals surface area contributed by atoms with Crippen molar-refractivity contribution in [2.75, 3.05) is 0 Å². The molecule has 1 aromatic carbocycles. The molecule has 2 heteroatoms. The topological polar surface area (TPSA) is 0 Å². The van der Waals surface area contributed by atoms with Gasteiger partial charge in [0.05, 0.1) is 16.1 Å². The van der Waals surface area contributed by atoms with E-state index in [9.17, 15) is 0 Å². The molecular formula is C13H23Si2. The Labute approximate surface area is 96.7 Å². The highest BCUT2D eigenvalue weighted by Gasteiger charge is 2.21. The number of hydrogen-bond donors (Lipinski definition) is 0. The molecule has 0 aliphatic carbocycles. The monoisotopic (exact) mass is 235 g/mol. The van der Waals surface area contributed by atoms with E-state index < -0.39 is 16.1 Å². The van der Waals surface area contributed by atoms with E-state index >= 15 is 0 Å². The number of hydrogen-bond acceptors (Lipinski definition) is 0. The summed E-state index contributed by atoms with van der Waals surface area (Å²) in [4.78, 5) is 0. The van der Waals surface area contributed by atoms with Crippen molar-refractivity contribution in [3.05, 3.63) is 30.7 Å². The SMILES string of the molecule is [CH2]c1cc([Si](C)(C)C)cc([Si](C)(C)C)c1. The largest absolute Gasteiger partial charge is 0.0775 e. The van der Waals surface area contributed by atoms with Crippen LogP contribution in [0.5, 0.6) is 0 Å². The lowest BCUT2D eigenvalue weighted by Gasteiger charge is -2.23. The van der Waals surface area contributed by atoms with Gasteiger partial charge in [-0.15, -0.1) is 0 Å². The minimum atomic E-state index is -1.19. The molecule has 0 saturated carbocycles. The quantitative estimate of drug-likeness (QED) is 0.692. The Kier molecular flexibility index (Phi) is 3.31. The van der Waals surface area contributed by atoms with Gasteiger partial charge in [0.25, 0.3) is 0 Å². The Morgan fingerprint density at radius 3 is 1.33 bits per heavy atom. The third-order valence-electron chi connectivity index (χ3n) is 2.72. The zero-order valence-electron chi connectivity index (χ0n) is 10.9. The van der Waals surface area contributed by atoms with Crippen LogP contribution in [0.1, 0.15) is 5.56 Å². The van der Waals surface area contributed by atoms with Gasteiger partial charge in [0.15, 0.2) is 0 Å². The molecule has 0 bridgehead atoms. The van der Waals surface area contributed by atoms with Crippen molar-refractivity contribution in [2.24, 2.45) is 0 Å². The fourth-order valence-corrected chi connectivity index (χ4v) is 4.12. The molecule has 0 aliphatic rings. The Morgan fingerprint density at radius 1 is 0.733 bits per heavy atom. The zero-order chi connectivity index (χ0) is 11.9. The molecular weight excluding hydrogens is 212 g/mol. The molecule has 0 atom stereocenters. The molecule has 0 fully saturated rings. The van der Waals surface area contributed by atoms with Gasteiger partial charge in [-0.05, 0) is 12.5 Å². The second kappa shape index (κ2) is 3.91. The third-order valence-corrected chi connectivity index (χ3v) is 6.77. The molecule has 0 amide bonds. The van der Waals surface area contributed by atoms with E-state index in [1.165, 1.54) is 5.56 Å². The number of rotatable bonds is 2. The molecule has 0 heterocycles. The summed E-state index contributed by atoms with van der Waals surface area (Å²) >= 11 is 0. The van der Waals surface area contributed by atoms with Gasteiger partial charge in [-0.2, -0.15) is 0 Å². The molecule has 83 valence electrons. The highest BCUT2D eigenvalue weighted by molar-refractivity contribution is 6.91. The molecule has 1 radical (unpaired) electrons. The molecule has 0 nitrogen and oxygen atoms in total. The predicted molar refractivity (Wildman–Crippen MR) is 76.9 cm³/mol. The van der Waals surface area contributed by atoms with E-state index in [4.69, 9.17) is 0 Å². The molecule has 1 rings (SSSR count). The van der Waals surface area contributed by atoms with Gasteiger partial charge in [0, 0.05) is 0 Å². The van der Waals surface area contributed by atoms with Crippen molar-refractivity contribution >= 4 is 26.5 Å². The summed E-state index contributed by atoms with van der Waals surface area (Å²) in [7, 11) is -2.39. The van der Waals surface area contributed by atoms with Crippen molar-refractivity contribution in [3.8, 4) is 0 Å². The Hall–Kier alpha value is -0.346. The lowest BCUT2D eigenvalue weighted by atomic mass is 10.2. The van der Waals surface area contributed by atoms with Gasteiger partial charge >= 0.3 is 0 Å². The van der Waals surface area contributed by atoms with E-state index in [-0.39, 0.29) is 0 Å². The van der Waals surface area contributed by atoms with Crippen molar-refractivity contribution in [1.82, 2.24) is 0 Å². The van der Waals surface area contributed by atoms with Crippen molar-refractivity contribution in [2.45, 2.75) is 39.3 Å². The third kappa shape index (κ3) is 3.31. The normalized spacial score (nSPS) is 13.0. The Bertz CT molecular complexity index is 322. The molecule has 15 heavy (non-hydrogen) atoms. The lowest BCUT2D eigenvalue weighted by molar-refractivity contribution is 1.61. The fraction of sp³-hybridized carbons (Fsp3) is 0.462. The average Bonchev–Trinajstić information content (AvgIpc) is 1.99. The maximum absolute atomic E-state index is 4.11. The van der Waals surface area contributed by atoms with E-state index in [0.717, 1.165) is 0 Å². The maximum atomic E-state index is 4.11. The van der Waals surface area contributed by atoms with Crippen molar-refractivity contribution in [3.63, 3.8) is 0 Å². The summed E-state index contributed by atoms with van der Waals surface area (Å²) in [6.07, 6.45) is 0. The van der Waals surface area contributed by atoms with E-state index in [0.29, 0.717) is 0 Å². The van der Waals surface area contributed by atoms with Crippen LogP contribution < -0.4 is 10.4 Å². The lowest BCUT2D eigenvalue weighted by Crippen LogP contribution is -2.45. The highest BCUT2D eigenvalue weighted by atomic mass is 28.3. The van der Waals surface area contributed by atoms with Crippen LogP contribution in [0.25, 0.3) is 0 Å². The first-order valence-electron chi connectivity index (χ1n) is 5.59. The van der Waals surface area contributed by atoms with Crippen LogP contribution in [-0.2, 0) is 0 Å². The average molecular weight is 235 g/mol. The van der Waals surface area contributed by atoms with Gasteiger partial charge < -0.3 is 0 Å². The van der Waals surface area contributed by atoms with Crippen LogP contribution >= 0.6 is 0 Å². The van der Waals surface area contributed by atoms with Gasteiger partial charge in [0.1, 0.15) is 0 Å². The second-order valence-corrected chi connectivity index (χ2v) is 16.6. The predicted octanol–water partition coefficient (Wildman–Crippen LogP) is 2.96. The summed E-state index contributed by atoms with van der Waals surface area (Å²) in [5, 5.41) is 3.10. The first-order chi connectivity index (χ1) is 6.60. The van der Waals surface area contributed by atoms with Crippen molar-refractivity contribution < 1.29 is 0 Å². The van der Waals surface area contributed by atoms with Crippen LogP contribution in [0.3, 0.4) is 0 Å². The van der Waals surface area contributed by atoms with Crippen LogP contribution in [0.4, 0.5) is 0 Å². The summed E-state index contributed by atoms with van der Waals surface area (Å²) in [5.74, 6) is 0. The van der Waals surface area contributed by atoms with Gasteiger partial charge in [0.2, 0.25) is 0 Å². The molecule has 0 unspecified atom stereocenters. The van der Waals surface area contributed by atoms with Crippen LogP contribution in [-0.4, -0.2) is 16.1 Å². The van der Waals surface area contributed by atoms with Gasteiger partial charge in [-0.25, -0.2) is 0 Å². The van der Waals surface area contributed by atoms with E-state index in [1.54, 1.807) is 10.4 Å². The van der Waals surface area contributed by atoms with Crippen LogP contribution in [0, 0.1) is 6.92 Å². The minimum absolute atomic E-state index is 1.19. The molecule has 0 saturated heterocycles. The molecule has 0 aromatic heterocycles. The molecule has 0 N–H and O–H groups in total. The van der Waals surface area contributed by atoms with Gasteiger partial charge in [-0.1, -0.05) is 67.9 Å². The Morgan fingerprint density at radius 2 is 1.07 bits per heavy atom. The minimum Gasteiger partial charge on any atom is -0.0656 e. The first kappa shape index (κ1) is 12.7. The molecule has 0 aliphatic heterocycles. The van der Waals surface area contributed by atoms with Gasteiger partial charge in [-0.3, -0.25) is 0 Å². The highest BCUT2D eigenvalue weighted by Crippen LogP contribution is 2.07. The smallest absolute Gasteiger partial charge is 0.0656 e. The van der Waals surface area contributed by atoms with E-state index in [1.807, 2.05) is 0 Å². The summed E-state index contributed by atoms with van der Waals surface area (Å²) in [6.45, 7) is 18.5. The number of benzene rings is 1. The molecule has 1 aromatic rings. The fourth-order valence-electron chi connectivity index (χ4n) is 1.56. The van der Waals surface area contributed by atoms with Crippen molar-refractivity contribution in [1.29, 1.82) is 0 Å². The molecule has 0 spiro atoms. The Balaban J connectivity index is 3.30. The summed E-state index contributed by atoms with van der Waals surface area (Å²) in [5.41, 5.74) is 1.19. The van der Waals surface area contributed by atoms with Crippen LogP contribution in [0.2, 0.25) is 39.3 Å². The first-order valence-corrected chi connectivity index (χ1v) is 12.6. The van der Waals surface area contributed by atoms with Crippen LogP contribution in [0.15, 0.2) is 18.2 Å². The maximum Gasteiger partial charge on any atom is 0.0775 e. The summed E-state index contributed by atoms with van der Waals surface area (Å²) in [6, 6.07) is 6.98. The standard InChI is InChI=1S/C13H23Si2/c1-11-8-12(14(2,3)4)10-13(9-11)15(5,6)7/h8-10H,1H2,2-7H3. The van der Waals surface area contributed by atoms with E-state index in [2.05, 4.69) is 64.4 Å². The second-order valence-electron chi connectivity index (χ2n) is 6.42. The zero-order valence-corrected chi connectivity index (χ0v) is 12.9.